The van der Waals surface area contributed by atoms with Gasteiger partial charge in [-0.2, -0.15) is 13.2 Å². The standard InChI is InChI=1S/C22H21ClF3N5O3/c23-16-8-9-17(27-11-16)28-18(32)14-5-4-10-30(12-14)13-31-19(33)21(22(24,25)26,29-20(31)34)15-6-2-1-3-7-15/h1-3,6-9,11,14H,4-5,10,12-13H2,(H,29,34)(H,27,28,32). The molecular formula is C22H21ClF3N5O3. The maximum atomic E-state index is 14.1. The molecule has 0 bridgehead atoms. The van der Waals surface area contributed by atoms with Crippen LogP contribution in [0, 0.1) is 5.92 Å². The van der Waals surface area contributed by atoms with Gasteiger partial charge >= 0.3 is 12.2 Å². The molecule has 0 aliphatic carbocycles. The molecular weight excluding hydrogens is 475 g/mol. The Morgan fingerprint density at radius 1 is 1.21 bits per heavy atom. The first kappa shape index (κ1) is 24.0. The molecule has 0 spiro atoms. The van der Waals surface area contributed by atoms with Crippen LogP contribution in [0.15, 0.2) is 48.7 Å². The number of carbonyl (C=O) groups is 3. The topological polar surface area (TPSA) is 94.6 Å². The van der Waals surface area contributed by atoms with Gasteiger partial charge in [-0.3, -0.25) is 14.5 Å². The minimum atomic E-state index is -5.05. The van der Waals surface area contributed by atoms with Crippen molar-refractivity contribution in [2.45, 2.75) is 24.6 Å². The number of aromatic nitrogens is 1. The fraction of sp³-hybridized carbons (Fsp3) is 0.364. The van der Waals surface area contributed by atoms with Gasteiger partial charge in [0.05, 0.1) is 17.6 Å². The highest BCUT2D eigenvalue weighted by Crippen LogP contribution is 2.43. The number of halogens is 4. The van der Waals surface area contributed by atoms with E-state index in [4.69, 9.17) is 11.6 Å². The van der Waals surface area contributed by atoms with Crippen LogP contribution in [0.5, 0.6) is 0 Å². The third-order valence-corrected chi connectivity index (χ3v) is 6.16. The van der Waals surface area contributed by atoms with Crippen molar-refractivity contribution >= 4 is 35.3 Å². The Bertz CT molecular complexity index is 1080. The van der Waals surface area contributed by atoms with Crippen LogP contribution in [0.3, 0.4) is 0 Å². The van der Waals surface area contributed by atoms with Crippen molar-refractivity contribution in [2.75, 3.05) is 25.1 Å². The van der Waals surface area contributed by atoms with E-state index < -0.39 is 29.6 Å². The van der Waals surface area contributed by atoms with E-state index in [2.05, 4.69) is 10.3 Å². The van der Waals surface area contributed by atoms with Gasteiger partial charge < -0.3 is 10.6 Å². The summed E-state index contributed by atoms with van der Waals surface area (Å²) in [7, 11) is 0. The highest BCUT2D eigenvalue weighted by atomic mass is 35.5. The average molecular weight is 496 g/mol. The third-order valence-electron chi connectivity index (χ3n) is 5.93. The zero-order valence-corrected chi connectivity index (χ0v) is 18.6. The fourth-order valence-corrected chi connectivity index (χ4v) is 4.33. The van der Waals surface area contributed by atoms with E-state index in [0.717, 1.165) is 12.1 Å². The molecule has 4 rings (SSSR count). The van der Waals surface area contributed by atoms with Crippen LogP contribution in [0.25, 0.3) is 0 Å². The molecule has 2 saturated heterocycles. The van der Waals surface area contributed by atoms with Gasteiger partial charge in [0.2, 0.25) is 11.4 Å². The Morgan fingerprint density at radius 2 is 1.94 bits per heavy atom. The minimum absolute atomic E-state index is 0.167. The molecule has 2 N–H and O–H groups in total. The summed E-state index contributed by atoms with van der Waals surface area (Å²) in [6.07, 6.45) is -2.54. The first-order valence-corrected chi connectivity index (χ1v) is 10.9. The van der Waals surface area contributed by atoms with E-state index >= 15 is 0 Å². The Labute approximate surface area is 198 Å². The van der Waals surface area contributed by atoms with Crippen LogP contribution in [-0.4, -0.2) is 58.6 Å². The lowest BCUT2D eigenvalue weighted by atomic mass is 9.89. The van der Waals surface area contributed by atoms with E-state index in [1.165, 1.54) is 24.4 Å². The number of hydrogen-bond donors (Lipinski definition) is 2. The summed E-state index contributed by atoms with van der Waals surface area (Å²) >= 11 is 5.79. The molecule has 2 fully saturated rings. The number of nitrogens with zero attached hydrogens (tertiary/aromatic N) is 3. The fourth-order valence-electron chi connectivity index (χ4n) is 4.22. The van der Waals surface area contributed by atoms with Crippen molar-refractivity contribution in [2.24, 2.45) is 5.92 Å². The molecule has 3 heterocycles. The Hall–Kier alpha value is -3.18. The summed E-state index contributed by atoms with van der Waals surface area (Å²) in [5.74, 6) is -1.88. The zero-order valence-electron chi connectivity index (χ0n) is 17.8. The highest BCUT2D eigenvalue weighted by Gasteiger charge is 2.68. The van der Waals surface area contributed by atoms with E-state index in [-0.39, 0.29) is 24.7 Å². The molecule has 1 aromatic carbocycles. The molecule has 0 saturated carbocycles. The van der Waals surface area contributed by atoms with Crippen LogP contribution in [0.1, 0.15) is 18.4 Å². The molecule has 12 heteroatoms. The van der Waals surface area contributed by atoms with Crippen molar-refractivity contribution in [3.8, 4) is 0 Å². The number of carbonyl (C=O) groups excluding carboxylic acids is 3. The van der Waals surface area contributed by atoms with Crippen molar-refractivity contribution in [1.29, 1.82) is 0 Å². The largest absolute Gasteiger partial charge is 0.425 e. The predicted octanol–water partition coefficient (Wildman–Crippen LogP) is 3.35. The zero-order chi connectivity index (χ0) is 24.5. The summed E-state index contributed by atoms with van der Waals surface area (Å²) in [6.45, 7) is 0.226. The lowest BCUT2D eigenvalue weighted by Crippen LogP contribution is -2.56. The van der Waals surface area contributed by atoms with Gasteiger partial charge in [0.15, 0.2) is 0 Å². The first-order valence-electron chi connectivity index (χ1n) is 10.5. The number of urea groups is 1. The smallest absolute Gasteiger partial charge is 0.312 e. The quantitative estimate of drug-likeness (QED) is 0.620. The van der Waals surface area contributed by atoms with Gasteiger partial charge in [-0.05, 0) is 37.1 Å². The summed E-state index contributed by atoms with van der Waals surface area (Å²) in [5, 5.41) is 4.97. The number of anilines is 1. The van der Waals surface area contributed by atoms with Crippen LogP contribution in [0.2, 0.25) is 5.02 Å². The second kappa shape index (κ2) is 9.22. The molecule has 0 radical (unpaired) electrons. The second-order valence-electron chi connectivity index (χ2n) is 8.19. The number of amides is 4. The number of alkyl halides is 3. The minimum Gasteiger partial charge on any atom is -0.312 e. The van der Waals surface area contributed by atoms with Gasteiger partial charge in [0.1, 0.15) is 5.82 Å². The average Bonchev–Trinajstić information content (AvgIpc) is 3.07. The van der Waals surface area contributed by atoms with Crippen LogP contribution >= 0.6 is 11.6 Å². The van der Waals surface area contributed by atoms with E-state index in [1.54, 1.807) is 17.0 Å². The van der Waals surface area contributed by atoms with Gasteiger partial charge in [0, 0.05) is 12.7 Å². The summed E-state index contributed by atoms with van der Waals surface area (Å²) in [4.78, 5) is 44.4. The number of pyridine rings is 1. The molecule has 2 aliphatic heterocycles. The third kappa shape index (κ3) is 4.45. The number of hydrogen-bond acceptors (Lipinski definition) is 5. The molecule has 8 nitrogen and oxygen atoms in total. The predicted molar refractivity (Wildman–Crippen MR) is 117 cm³/mol. The first-order chi connectivity index (χ1) is 16.1. The number of benzene rings is 1. The lowest BCUT2D eigenvalue weighted by Gasteiger charge is -2.34. The monoisotopic (exact) mass is 495 g/mol. The lowest BCUT2D eigenvalue weighted by molar-refractivity contribution is -0.198. The van der Waals surface area contributed by atoms with E-state index in [0.29, 0.717) is 35.1 Å². The van der Waals surface area contributed by atoms with Gasteiger partial charge in [0.25, 0.3) is 5.91 Å². The molecule has 2 atom stereocenters. The van der Waals surface area contributed by atoms with Gasteiger partial charge in [-0.25, -0.2) is 14.7 Å². The molecule has 4 amide bonds. The summed E-state index contributed by atoms with van der Waals surface area (Å²) in [5.41, 5.74) is -3.52. The van der Waals surface area contributed by atoms with Crippen molar-refractivity contribution in [3.63, 3.8) is 0 Å². The van der Waals surface area contributed by atoms with Crippen LogP contribution in [-0.2, 0) is 15.1 Å². The van der Waals surface area contributed by atoms with E-state index in [1.807, 2.05) is 5.32 Å². The highest BCUT2D eigenvalue weighted by molar-refractivity contribution is 6.30. The molecule has 2 aliphatic rings. The Kier molecular flexibility index (Phi) is 6.50. The molecule has 2 aromatic rings. The Balaban J connectivity index is 1.48. The Morgan fingerprint density at radius 3 is 2.59 bits per heavy atom. The summed E-state index contributed by atoms with van der Waals surface area (Å²) < 4.78 is 42.4. The van der Waals surface area contributed by atoms with Crippen molar-refractivity contribution in [3.05, 3.63) is 59.2 Å². The van der Waals surface area contributed by atoms with Crippen molar-refractivity contribution in [1.82, 2.24) is 20.1 Å². The van der Waals surface area contributed by atoms with Gasteiger partial charge in [-0.1, -0.05) is 41.9 Å². The number of nitrogens with one attached hydrogen (secondary N) is 2. The number of piperidine rings is 1. The number of likely N-dealkylation sites (tertiary alicyclic amines) is 1. The summed E-state index contributed by atoms with van der Waals surface area (Å²) in [6, 6.07) is 8.56. The number of imide groups is 1. The van der Waals surface area contributed by atoms with Gasteiger partial charge in [-0.15, -0.1) is 0 Å². The van der Waals surface area contributed by atoms with E-state index in [9.17, 15) is 27.6 Å². The SMILES string of the molecule is O=C(Nc1ccc(Cl)cn1)C1CCCN(CN2C(=O)NC(c3ccccc3)(C(F)(F)F)C2=O)C1. The maximum absolute atomic E-state index is 14.1. The number of rotatable bonds is 5. The van der Waals surface area contributed by atoms with Crippen LogP contribution < -0.4 is 10.6 Å². The van der Waals surface area contributed by atoms with Crippen molar-refractivity contribution < 1.29 is 27.6 Å². The maximum Gasteiger partial charge on any atom is 0.425 e. The normalized spacial score (nSPS) is 23.6. The molecule has 34 heavy (non-hydrogen) atoms. The second-order valence-corrected chi connectivity index (χ2v) is 8.62. The van der Waals surface area contributed by atoms with Crippen LogP contribution in [0.4, 0.5) is 23.8 Å². The molecule has 1 aromatic heterocycles. The molecule has 2 unspecified atom stereocenters. The molecule has 180 valence electrons.